The van der Waals surface area contributed by atoms with Crippen LogP contribution in [0, 0.1) is 5.41 Å². The molecule has 2 saturated heterocycles. The molecule has 2 heterocycles. The molecule has 0 aromatic heterocycles. The zero-order chi connectivity index (χ0) is 7.90. The van der Waals surface area contributed by atoms with Crippen LogP contribution in [0.2, 0.25) is 0 Å². The van der Waals surface area contributed by atoms with Crippen LogP contribution in [0.15, 0.2) is 0 Å². The maximum absolute atomic E-state index is 5.84. The first-order valence-corrected chi connectivity index (χ1v) is 4.61. The molecule has 0 aromatic rings. The largest absolute Gasteiger partial charge is 0.372 e. The molecule has 2 rings (SSSR count). The van der Waals surface area contributed by atoms with Crippen molar-refractivity contribution in [1.82, 2.24) is 5.32 Å². The minimum absolute atomic E-state index is 0.453. The molecule has 0 aliphatic carbocycles. The van der Waals surface area contributed by atoms with Crippen molar-refractivity contribution in [2.24, 2.45) is 5.41 Å². The number of hydrogen-bond acceptors (Lipinski definition) is 2. The summed E-state index contributed by atoms with van der Waals surface area (Å²) in [6, 6.07) is 0. The zero-order valence-corrected chi connectivity index (χ0v) is 7.39. The van der Waals surface area contributed by atoms with Crippen molar-refractivity contribution in [3.05, 3.63) is 0 Å². The van der Waals surface area contributed by atoms with Crippen LogP contribution in [-0.2, 0) is 4.74 Å². The molecule has 0 amide bonds. The predicted molar refractivity (Wildman–Crippen MR) is 44.5 cm³/mol. The van der Waals surface area contributed by atoms with Crippen LogP contribution in [0.5, 0.6) is 0 Å². The minimum atomic E-state index is 0.453. The molecule has 2 nitrogen and oxygen atoms in total. The quantitative estimate of drug-likeness (QED) is 0.613. The molecule has 2 aliphatic rings. The number of fused-ring (bicyclic) bond motifs is 2. The highest BCUT2D eigenvalue weighted by molar-refractivity contribution is 4.96. The van der Waals surface area contributed by atoms with E-state index in [4.69, 9.17) is 4.74 Å². The van der Waals surface area contributed by atoms with E-state index in [9.17, 15) is 0 Å². The van der Waals surface area contributed by atoms with Gasteiger partial charge in [0.15, 0.2) is 0 Å². The van der Waals surface area contributed by atoms with Crippen LogP contribution in [-0.4, -0.2) is 25.3 Å². The van der Waals surface area contributed by atoms with Crippen molar-refractivity contribution in [2.45, 2.75) is 38.9 Å². The monoisotopic (exact) mass is 155 g/mol. The van der Waals surface area contributed by atoms with Crippen molar-refractivity contribution in [1.29, 1.82) is 0 Å². The van der Waals surface area contributed by atoms with E-state index in [2.05, 4.69) is 19.2 Å². The highest BCUT2D eigenvalue weighted by Crippen LogP contribution is 2.42. The van der Waals surface area contributed by atoms with Crippen LogP contribution in [0.1, 0.15) is 26.7 Å². The summed E-state index contributed by atoms with van der Waals surface area (Å²) in [5, 5.41) is 3.41. The van der Waals surface area contributed by atoms with Gasteiger partial charge in [-0.3, -0.25) is 0 Å². The van der Waals surface area contributed by atoms with Crippen LogP contribution >= 0.6 is 0 Å². The molecule has 0 aromatic carbocycles. The molecule has 2 fully saturated rings. The molecule has 11 heavy (non-hydrogen) atoms. The summed E-state index contributed by atoms with van der Waals surface area (Å²) in [5.41, 5.74) is 0.453. The first kappa shape index (κ1) is 7.56. The highest BCUT2D eigenvalue weighted by atomic mass is 16.5. The second-order valence-electron chi connectivity index (χ2n) is 4.12. The van der Waals surface area contributed by atoms with Crippen molar-refractivity contribution >= 4 is 0 Å². The second kappa shape index (κ2) is 2.46. The summed E-state index contributed by atoms with van der Waals surface area (Å²) >= 11 is 0. The van der Waals surface area contributed by atoms with Gasteiger partial charge in [0, 0.05) is 13.1 Å². The van der Waals surface area contributed by atoms with Crippen molar-refractivity contribution in [3.63, 3.8) is 0 Å². The summed E-state index contributed by atoms with van der Waals surface area (Å²) in [7, 11) is 0. The lowest BCUT2D eigenvalue weighted by Crippen LogP contribution is -2.41. The normalized spacial score (nSPS) is 49.6. The summed E-state index contributed by atoms with van der Waals surface area (Å²) in [6.07, 6.45) is 3.47. The lowest BCUT2D eigenvalue weighted by atomic mass is 9.80. The fourth-order valence-electron chi connectivity index (χ4n) is 2.26. The topological polar surface area (TPSA) is 21.3 Å². The van der Waals surface area contributed by atoms with Gasteiger partial charge in [-0.2, -0.15) is 0 Å². The Kier molecular flexibility index (Phi) is 1.69. The van der Waals surface area contributed by atoms with Gasteiger partial charge in [0.1, 0.15) is 0 Å². The summed E-state index contributed by atoms with van der Waals surface area (Å²) < 4.78 is 5.84. The third kappa shape index (κ3) is 1.09. The Morgan fingerprint density at radius 1 is 1.55 bits per heavy atom. The molecule has 0 saturated carbocycles. The summed E-state index contributed by atoms with van der Waals surface area (Å²) in [6.45, 7) is 6.74. The fourth-order valence-corrected chi connectivity index (χ4v) is 2.26. The molecule has 64 valence electrons. The average molecular weight is 155 g/mol. The minimum Gasteiger partial charge on any atom is -0.372 e. The van der Waals surface area contributed by atoms with E-state index in [0.717, 1.165) is 13.1 Å². The van der Waals surface area contributed by atoms with Crippen LogP contribution < -0.4 is 5.32 Å². The van der Waals surface area contributed by atoms with Gasteiger partial charge >= 0.3 is 0 Å². The van der Waals surface area contributed by atoms with E-state index in [0.29, 0.717) is 17.6 Å². The van der Waals surface area contributed by atoms with Gasteiger partial charge in [-0.25, -0.2) is 0 Å². The third-order valence-electron chi connectivity index (χ3n) is 3.34. The van der Waals surface area contributed by atoms with Gasteiger partial charge in [0.2, 0.25) is 0 Å². The number of nitrogens with one attached hydrogen (secondary N) is 1. The predicted octanol–water partition coefficient (Wildman–Crippen LogP) is 1.16. The van der Waals surface area contributed by atoms with Crippen molar-refractivity contribution in [3.8, 4) is 0 Å². The summed E-state index contributed by atoms with van der Waals surface area (Å²) in [5.74, 6) is 0. The van der Waals surface area contributed by atoms with E-state index in [1.165, 1.54) is 12.8 Å². The Balaban J connectivity index is 2.14. The van der Waals surface area contributed by atoms with Gasteiger partial charge in [-0.1, -0.05) is 13.8 Å². The Morgan fingerprint density at radius 3 is 3.00 bits per heavy atom. The van der Waals surface area contributed by atoms with E-state index in [1.807, 2.05) is 0 Å². The number of morpholine rings is 1. The van der Waals surface area contributed by atoms with Gasteiger partial charge < -0.3 is 10.1 Å². The maximum Gasteiger partial charge on any atom is 0.0758 e. The molecular weight excluding hydrogens is 138 g/mol. The number of rotatable bonds is 1. The number of hydrogen-bond donors (Lipinski definition) is 1. The first-order valence-electron chi connectivity index (χ1n) is 4.61. The maximum atomic E-state index is 5.84. The molecule has 1 N–H and O–H groups in total. The SMILES string of the molecule is CCC1(C)CC2CNCC1O2. The Hall–Kier alpha value is -0.0800. The molecule has 3 atom stereocenters. The Labute approximate surface area is 68.3 Å². The lowest BCUT2D eigenvalue weighted by Gasteiger charge is -2.29. The van der Waals surface area contributed by atoms with E-state index < -0.39 is 0 Å². The zero-order valence-electron chi connectivity index (χ0n) is 7.39. The molecule has 3 unspecified atom stereocenters. The molecule has 0 radical (unpaired) electrons. The standard InChI is InChI=1S/C9H17NO/c1-3-9(2)4-7-5-10-6-8(9)11-7/h7-8,10H,3-6H2,1-2H3. The third-order valence-corrected chi connectivity index (χ3v) is 3.34. The van der Waals surface area contributed by atoms with E-state index in [1.54, 1.807) is 0 Å². The Bertz CT molecular complexity index is 160. The van der Waals surface area contributed by atoms with Gasteiger partial charge in [0.25, 0.3) is 0 Å². The lowest BCUT2D eigenvalue weighted by molar-refractivity contribution is -0.00877. The smallest absolute Gasteiger partial charge is 0.0758 e. The molecule has 2 bridgehead atoms. The Morgan fingerprint density at radius 2 is 2.36 bits per heavy atom. The summed E-state index contributed by atoms with van der Waals surface area (Å²) in [4.78, 5) is 0. The fraction of sp³-hybridized carbons (Fsp3) is 1.00. The molecule has 2 aliphatic heterocycles. The van der Waals surface area contributed by atoms with Crippen molar-refractivity contribution < 1.29 is 4.74 Å². The molecule has 0 spiro atoms. The van der Waals surface area contributed by atoms with Gasteiger partial charge in [-0.15, -0.1) is 0 Å². The van der Waals surface area contributed by atoms with Gasteiger partial charge in [0.05, 0.1) is 12.2 Å². The number of ether oxygens (including phenoxy) is 1. The first-order chi connectivity index (χ1) is 5.24. The highest BCUT2D eigenvalue weighted by Gasteiger charge is 2.45. The molecular formula is C9H17NO. The van der Waals surface area contributed by atoms with E-state index in [-0.39, 0.29) is 0 Å². The van der Waals surface area contributed by atoms with Gasteiger partial charge in [-0.05, 0) is 18.3 Å². The van der Waals surface area contributed by atoms with Crippen LogP contribution in [0.25, 0.3) is 0 Å². The van der Waals surface area contributed by atoms with Crippen LogP contribution in [0.4, 0.5) is 0 Å². The average Bonchev–Trinajstić information content (AvgIpc) is 2.25. The second-order valence-corrected chi connectivity index (χ2v) is 4.12. The van der Waals surface area contributed by atoms with Crippen molar-refractivity contribution in [2.75, 3.05) is 13.1 Å². The van der Waals surface area contributed by atoms with E-state index >= 15 is 0 Å². The molecule has 2 heteroatoms. The van der Waals surface area contributed by atoms with Crippen LogP contribution in [0.3, 0.4) is 0 Å².